The number of rotatable bonds is 7. The Balaban J connectivity index is 2.30. The second-order valence-electron chi connectivity index (χ2n) is 6.41. The van der Waals surface area contributed by atoms with E-state index in [0.717, 1.165) is 19.0 Å². The molecule has 0 spiro atoms. The van der Waals surface area contributed by atoms with E-state index >= 15 is 0 Å². The Morgan fingerprint density at radius 3 is 2.38 bits per heavy atom. The first kappa shape index (κ1) is 19.9. The van der Waals surface area contributed by atoms with Gasteiger partial charge in [0.05, 0.1) is 0 Å². The van der Waals surface area contributed by atoms with Crippen LogP contribution in [0.15, 0.2) is 29.5 Å². The molecule has 2 N–H and O–H groups in total. The summed E-state index contributed by atoms with van der Waals surface area (Å²) >= 11 is 0. The molecule has 0 aliphatic heterocycles. The second kappa shape index (κ2) is 9.85. The van der Waals surface area contributed by atoms with E-state index in [1.807, 2.05) is 52.2 Å². The molecule has 0 unspecified atom stereocenters. The summed E-state index contributed by atoms with van der Waals surface area (Å²) in [5.41, 5.74) is -0.478. The van der Waals surface area contributed by atoms with Gasteiger partial charge in [-0.25, -0.2) is 4.79 Å². The van der Waals surface area contributed by atoms with Crippen molar-refractivity contribution in [2.24, 2.45) is 4.99 Å². The summed E-state index contributed by atoms with van der Waals surface area (Å²) in [4.78, 5) is 17.9. The van der Waals surface area contributed by atoms with Gasteiger partial charge in [0.25, 0.3) is 0 Å². The van der Waals surface area contributed by atoms with Crippen LogP contribution in [0.4, 0.5) is 4.79 Å². The number of aromatic nitrogens is 1. The summed E-state index contributed by atoms with van der Waals surface area (Å²) in [5.74, 6) is 0.724. The van der Waals surface area contributed by atoms with Crippen LogP contribution in [0.1, 0.15) is 27.7 Å². The van der Waals surface area contributed by atoms with Crippen LogP contribution < -0.4 is 10.6 Å². The number of nitrogens with one attached hydrogen (secondary N) is 2. The summed E-state index contributed by atoms with van der Waals surface area (Å²) in [7, 11) is 1.73. The van der Waals surface area contributed by atoms with E-state index in [9.17, 15) is 4.79 Å². The van der Waals surface area contributed by atoms with Crippen LogP contribution in [0.2, 0.25) is 0 Å². The number of ether oxygens (including phenoxy) is 1. The van der Waals surface area contributed by atoms with E-state index in [1.165, 1.54) is 0 Å². The highest BCUT2D eigenvalue weighted by Crippen LogP contribution is 2.09. The number of aliphatic imine (C=N–C) groups is 1. The van der Waals surface area contributed by atoms with Crippen LogP contribution >= 0.6 is 0 Å². The molecule has 1 heterocycles. The number of hydrogen-bond acceptors (Lipinski definition) is 3. The molecule has 7 nitrogen and oxygen atoms in total. The Hall–Kier alpha value is -2.18. The standard InChI is InChI=1S/C17H31N5O2/c1-6-22(16(23)24-17(2,3)4)14-10-20-15(18-5)19-9-13-21-11-7-8-12-21/h7-8,11-12H,6,9-10,13-14H2,1-5H3,(H2,18,19,20). The van der Waals surface area contributed by atoms with Gasteiger partial charge in [-0.3, -0.25) is 4.99 Å². The zero-order valence-electron chi connectivity index (χ0n) is 15.5. The molecule has 24 heavy (non-hydrogen) atoms. The fourth-order valence-corrected chi connectivity index (χ4v) is 2.06. The molecule has 0 fully saturated rings. The van der Waals surface area contributed by atoms with E-state index < -0.39 is 5.60 Å². The summed E-state index contributed by atoms with van der Waals surface area (Å²) < 4.78 is 7.49. The van der Waals surface area contributed by atoms with E-state index in [1.54, 1.807) is 11.9 Å². The second-order valence-corrected chi connectivity index (χ2v) is 6.41. The Labute approximate surface area is 145 Å². The highest BCUT2D eigenvalue weighted by molar-refractivity contribution is 5.79. The van der Waals surface area contributed by atoms with Crippen molar-refractivity contribution < 1.29 is 9.53 Å². The maximum absolute atomic E-state index is 12.1. The van der Waals surface area contributed by atoms with Crippen molar-refractivity contribution in [3.05, 3.63) is 24.5 Å². The number of guanidine groups is 1. The van der Waals surface area contributed by atoms with Crippen molar-refractivity contribution in [1.29, 1.82) is 0 Å². The lowest BCUT2D eigenvalue weighted by atomic mass is 10.2. The molecule has 1 amide bonds. The third-order valence-electron chi connectivity index (χ3n) is 3.26. The van der Waals surface area contributed by atoms with Crippen molar-refractivity contribution in [3.8, 4) is 0 Å². The average Bonchev–Trinajstić information content (AvgIpc) is 3.01. The zero-order chi connectivity index (χ0) is 18.0. The van der Waals surface area contributed by atoms with Crippen molar-refractivity contribution in [2.45, 2.75) is 39.8 Å². The van der Waals surface area contributed by atoms with Crippen molar-refractivity contribution >= 4 is 12.1 Å². The van der Waals surface area contributed by atoms with Gasteiger partial charge in [0.2, 0.25) is 0 Å². The van der Waals surface area contributed by atoms with Gasteiger partial charge in [-0.05, 0) is 39.8 Å². The molecule has 0 saturated carbocycles. The van der Waals surface area contributed by atoms with Crippen molar-refractivity contribution in [2.75, 3.05) is 33.2 Å². The van der Waals surface area contributed by atoms with E-state index in [-0.39, 0.29) is 6.09 Å². The third-order valence-corrected chi connectivity index (χ3v) is 3.26. The lowest BCUT2D eigenvalue weighted by molar-refractivity contribution is 0.0264. The lowest BCUT2D eigenvalue weighted by Gasteiger charge is -2.26. The lowest BCUT2D eigenvalue weighted by Crippen LogP contribution is -2.44. The molecule has 0 bridgehead atoms. The maximum atomic E-state index is 12.1. The van der Waals surface area contributed by atoms with E-state index in [0.29, 0.717) is 19.6 Å². The molecule has 1 aromatic heterocycles. The molecular formula is C17H31N5O2. The van der Waals surface area contributed by atoms with Gasteiger partial charge in [0.1, 0.15) is 5.60 Å². The topological polar surface area (TPSA) is 70.9 Å². The minimum atomic E-state index is -0.478. The molecule has 0 aromatic carbocycles. The quantitative estimate of drug-likeness (QED) is 0.589. The largest absolute Gasteiger partial charge is 0.444 e. The van der Waals surface area contributed by atoms with Crippen molar-refractivity contribution in [3.63, 3.8) is 0 Å². The average molecular weight is 337 g/mol. The monoisotopic (exact) mass is 337 g/mol. The van der Waals surface area contributed by atoms with Crippen LogP contribution in [-0.4, -0.2) is 60.3 Å². The Kier molecular flexibility index (Phi) is 8.15. The number of carbonyl (C=O) groups is 1. The van der Waals surface area contributed by atoms with Crippen LogP contribution in [0.3, 0.4) is 0 Å². The number of hydrogen-bond donors (Lipinski definition) is 2. The molecule has 0 radical (unpaired) electrons. The van der Waals surface area contributed by atoms with E-state index in [2.05, 4.69) is 20.2 Å². The first-order valence-corrected chi connectivity index (χ1v) is 8.39. The number of carbonyl (C=O) groups excluding carboxylic acids is 1. The fourth-order valence-electron chi connectivity index (χ4n) is 2.06. The van der Waals surface area contributed by atoms with Gasteiger partial charge in [0, 0.05) is 52.2 Å². The van der Waals surface area contributed by atoms with E-state index in [4.69, 9.17) is 4.74 Å². The number of nitrogens with zero attached hydrogens (tertiary/aromatic N) is 3. The van der Waals surface area contributed by atoms with Gasteiger partial charge in [-0.2, -0.15) is 0 Å². The minimum absolute atomic E-state index is 0.289. The Morgan fingerprint density at radius 2 is 1.83 bits per heavy atom. The molecule has 7 heteroatoms. The number of likely N-dealkylation sites (N-methyl/N-ethyl adjacent to an activating group) is 1. The zero-order valence-corrected chi connectivity index (χ0v) is 15.5. The molecule has 0 aliphatic rings. The summed E-state index contributed by atoms with van der Waals surface area (Å²) in [6.07, 6.45) is 3.76. The molecule has 0 saturated heterocycles. The van der Waals surface area contributed by atoms with Gasteiger partial charge in [0.15, 0.2) is 5.96 Å². The Morgan fingerprint density at radius 1 is 1.21 bits per heavy atom. The molecule has 1 aromatic rings. The summed E-state index contributed by atoms with van der Waals surface area (Å²) in [6.45, 7) is 11.0. The van der Waals surface area contributed by atoms with Crippen LogP contribution in [-0.2, 0) is 11.3 Å². The predicted molar refractivity (Wildman–Crippen MR) is 97.3 cm³/mol. The SMILES string of the molecule is CCN(CCNC(=NC)NCCn1cccc1)C(=O)OC(C)(C)C. The summed E-state index contributed by atoms with van der Waals surface area (Å²) in [5, 5.41) is 6.46. The van der Waals surface area contributed by atoms with Crippen LogP contribution in [0.5, 0.6) is 0 Å². The van der Waals surface area contributed by atoms with Gasteiger partial charge in [-0.1, -0.05) is 0 Å². The normalized spacial score (nSPS) is 12.0. The van der Waals surface area contributed by atoms with Crippen molar-refractivity contribution in [1.82, 2.24) is 20.1 Å². The van der Waals surface area contributed by atoms with Gasteiger partial charge >= 0.3 is 6.09 Å². The molecule has 0 atom stereocenters. The molecule has 136 valence electrons. The van der Waals surface area contributed by atoms with Crippen LogP contribution in [0.25, 0.3) is 0 Å². The first-order valence-electron chi connectivity index (χ1n) is 8.39. The predicted octanol–water partition coefficient (Wildman–Crippen LogP) is 1.91. The highest BCUT2D eigenvalue weighted by Gasteiger charge is 2.20. The molecule has 1 rings (SSSR count). The smallest absolute Gasteiger partial charge is 0.410 e. The molecular weight excluding hydrogens is 306 g/mol. The maximum Gasteiger partial charge on any atom is 0.410 e. The molecule has 0 aliphatic carbocycles. The first-order chi connectivity index (χ1) is 11.4. The van der Waals surface area contributed by atoms with Gasteiger partial charge in [-0.15, -0.1) is 0 Å². The highest BCUT2D eigenvalue weighted by atomic mass is 16.6. The third kappa shape index (κ3) is 7.89. The number of amides is 1. The Bertz CT molecular complexity index is 506. The van der Waals surface area contributed by atoms with Gasteiger partial charge < -0.3 is 24.8 Å². The fraction of sp³-hybridized carbons (Fsp3) is 0.647. The minimum Gasteiger partial charge on any atom is -0.444 e. The van der Waals surface area contributed by atoms with Crippen LogP contribution in [0, 0.1) is 0 Å². The summed E-state index contributed by atoms with van der Waals surface area (Å²) in [6, 6.07) is 4.01.